The van der Waals surface area contributed by atoms with Crippen molar-refractivity contribution in [2.24, 2.45) is 0 Å². The topological polar surface area (TPSA) is 68.3 Å². The van der Waals surface area contributed by atoms with E-state index in [-0.39, 0.29) is 16.3 Å². The maximum atomic E-state index is 13.5. The van der Waals surface area contributed by atoms with Crippen molar-refractivity contribution < 1.29 is 17.5 Å². The minimum Gasteiger partial charge on any atom is -0.495 e. The molecule has 0 saturated carbocycles. The van der Waals surface area contributed by atoms with E-state index in [2.05, 4.69) is 25.6 Å². The Kier molecular flexibility index (Phi) is 4.24. The van der Waals surface area contributed by atoms with Gasteiger partial charge < -0.3 is 4.74 Å². The van der Waals surface area contributed by atoms with Gasteiger partial charge in [-0.1, -0.05) is 15.9 Å². The second-order valence-corrected chi connectivity index (χ2v) is 6.32. The van der Waals surface area contributed by atoms with E-state index in [4.69, 9.17) is 4.74 Å². The number of benzene rings is 1. The Balaban J connectivity index is 2.46. The molecule has 2 rings (SSSR count). The average molecular weight is 361 g/mol. The largest absolute Gasteiger partial charge is 0.495 e. The molecule has 1 N–H and O–H groups in total. The molecule has 0 fully saturated rings. The fraction of sp³-hybridized carbons (Fsp3) is 0.0833. The lowest BCUT2D eigenvalue weighted by Crippen LogP contribution is -2.15. The molecule has 106 valence electrons. The number of nitrogens with one attached hydrogen (secondary N) is 1. The first-order chi connectivity index (χ1) is 9.44. The first-order valence-corrected chi connectivity index (χ1v) is 7.67. The lowest BCUT2D eigenvalue weighted by Gasteiger charge is -2.12. The average Bonchev–Trinajstić information content (AvgIpc) is 2.41. The van der Waals surface area contributed by atoms with Crippen LogP contribution in [0.25, 0.3) is 0 Å². The van der Waals surface area contributed by atoms with E-state index in [1.165, 1.54) is 31.5 Å². The van der Waals surface area contributed by atoms with Crippen molar-refractivity contribution in [3.8, 4) is 5.75 Å². The highest BCUT2D eigenvalue weighted by Gasteiger charge is 2.21. The molecule has 0 bridgehead atoms. The monoisotopic (exact) mass is 360 g/mol. The summed E-state index contributed by atoms with van der Waals surface area (Å²) in [5.41, 5.74) is -0.179. The predicted molar refractivity (Wildman–Crippen MR) is 75.7 cm³/mol. The molecule has 20 heavy (non-hydrogen) atoms. The third kappa shape index (κ3) is 3.07. The lowest BCUT2D eigenvalue weighted by atomic mass is 10.3. The Hall–Kier alpha value is -1.67. The molecule has 0 amide bonds. The summed E-state index contributed by atoms with van der Waals surface area (Å²) in [5.74, 6) is -0.597. The highest BCUT2D eigenvalue weighted by atomic mass is 79.9. The maximum Gasteiger partial charge on any atom is 0.265 e. The molecule has 1 aromatic heterocycles. The molecule has 8 heteroatoms. The van der Waals surface area contributed by atoms with Gasteiger partial charge in [-0.25, -0.2) is 12.8 Å². The van der Waals surface area contributed by atoms with Gasteiger partial charge in [0.25, 0.3) is 10.0 Å². The van der Waals surface area contributed by atoms with Crippen LogP contribution in [0.2, 0.25) is 0 Å². The number of sulfonamides is 1. The minimum absolute atomic E-state index is 0.0920. The molecule has 0 aliphatic heterocycles. The third-order valence-electron chi connectivity index (χ3n) is 2.43. The molecule has 1 aromatic carbocycles. The van der Waals surface area contributed by atoms with Gasteiger partial charge >= 0.3 is 0 Å². The molecular formula is C12H10BrFN2O3S. The fourth-order valence-electron chi connectivity index (χ4n) is 1.52. The van der Waals surface area contributed by atoms with Crippen molar-refractivity contribution in [3.05, 3.63) is 46.9 Å². The summed E-state index contributed by atoms with van der Waals surface area (Å²) in [6.07, 6.45) is 2.22. The van der Waals surface area contributed by atoms with E-state index in [0.717, 1.165) is 6.20 Å². The van der Waals surface area contributed by atoms with Gasteiger partial charge in [0.15, 0.2) is 5.82 Å². The normalized spacial score (nSPS) is 11.2. The Bertz CT molecular complexity index is 737. The van der Waals surface area contributed by atoms with E-state index < -0.39 is 15.8 Å². The second-order valence-electron chi connectivity index (χ2n) is 3.76. The standard InChI is InChI=1S/C12H10BrFN2O3S/c1-19-11-3-2-8(13)6-12(11)20(17,18)16-10-4-5-15-7-9(10)14/h2-7H,1H3,(H,15,16). The molecule has 1 heterocycles. The lowest BCUT2D eigenvalue weighted by molar-refractivity contribution is 0.402. The number of ether oxygens (including phenoxy) is 1. The Morgan fingerprint density at radius 2 is 2.10 bits per heavy atom. The van der Waals surface area contributed by atoms with E-state index in [1.54, 1.807) is 6.07 Å². The van der Waals surface area contributed by atoms with E-state index in [9.17, 15) is 12.8 Å². The van der Waals surface area contributed by atoms with Crippen LogP contribution in [0.1, 0.15) is 0 Å². The van der Waals surface area contributed by atoms with Crippen LogP contribution in [0.5, 0.6) is 5.75 Å². The molecule has 0 saturated heterocycles. The number of aromatic nitrogens is 1. The highest BCUT2D eigenvalue weighted by Crippen LogP contribution is 2.29. The number of halogens is 2. The third-order valence-corrected chi connectivity index (χ3v) is 4.31. The molecule has 0 unspecified atom stereocenters. The number of rotatable bonds is 4. The van der Waals surface area contributed by atoms with Crippen LogP contribution in [0.3, 0.4) is 0 Å². The number of nitrogens with zero attached hydrogens (tertiary/aromatic N) is 1. The van der Waals surface area contributed by atoms with Gasteiger partial charge in [0, 0.05) is 10.7 Å². The summed E-state index contributed by atoms with van der Waals surface area (Å²) in [6.45, 7) is 0. The van der Waals surface area contributed by atoms with Gasteiger partial charge in [0.05, 0.1) is 19.0 Å². The number of anilines is 1. The molecule has 0 atom stereocenters. The maximum absolute atomic E-state index is 13.5. The molecular weight excluding hydrogens is 351 g/mol. The fourth-order valence-corrected chi connectivity index (χ4v) is 3.29. The van der Waals surface area contributed by atoms with Crippen LogP contribution in [0, 0.1) is 5.82 Å². The second kappa shape index (κ2) is 5.76. The van der Waals surface area contributed by atoms with Crippen molar-refractivity contribution in [2.75, 3.05) is 11.8 Å². The predicted octanol–water partition coefficient (Wildman–Crippen LogP) is 2.79. The molecule has 2 aromatic rings. The molecule has 0 aliphatic rings. The number of hydrogen-bond acceptors (Lipinski definition) is 4. The van der Waals surface area contributed by atoms with Crippen molar-refractivity contribution in [1.29, 1.82) is 0 Å². The van der Waals surface area contributed by atoms with Gasteiger partial charge in [-0.05, 0) is 24.3 Å². The zero-order valence-corrected chi connectivity index (χ0v) is 12.7. The highest BCUT2D eigenvalue weighted by molar-refractivity contribution is 9.10. The van der Waals surface area contributed by atoms with Crippen molar-refractivity contribution in [1.82, 2.24) is 4.98 Å². The summed E-state index contributed by atoms with van der Waals surface area (Å²) in [4.78, 5) is 3.46. The number of pyridine rings is 1. The molecule has 0 radical (unpaired) electrons. The Morgan fingerprint density at radius 3 is 2.75 bits per heavy atom. The SMILES string of the molecule is COc1ccc(Br)cc1S(=O)(=O)Nc1ccncc1F. The molecule has 5 nitrogen and oxygen atoms in total. The van der Waals surface area contributed by atoms with Gasteiger partial charge in [0.1, 0.15) is 10.6 Å². The summed E-state index contributed by atoms with van der Waals surface area (Å²) in [7, 11) is -2.62. The Morgan fingerprint density at radius 1 is 1.35 bits per heavy atom. The van der Waals surface area contributed by atoms with Gasteiger partial charge in [-0.3, -0.25) is 9.71 Å². The van der Waals surface area contributed by atoms with Crippen molar-refractivity contribution >= 4 is 31.6 Å². The van der Waals surface area contributed by atoms with Crippen LogP contribution < -0.4 is 9.46 Å². The van der Waals surface area contributed by atoms with E-state index in [1.807, 2.05) is 0 Å². The van der Waals surface area contributed by atoms with Crippen LogP contribution >= 0.6 is 15.9 Å². The molecule has 0 aliphatic carbocycles. The van der Waals surface area contributed by atoms with Crippen LogP contribution in [-0.2, 0) is 10.0 Å². The van der Waals surface area contributed by atoms with Gasteiger partial charge in [-0.2, -0.15) is 0 Å². The summed E-state index contributed by atoms with van der Waals surface area (Å²) >= 11 is 3.19. The van der Waals surface area contributed by atoms with Crippen molar-refractivity contribution in [2.45, 2.75) is 4.90 Å². The Labute approximate surface area is 124 Å². The summed E-state index contributed by atoms with van der Waals surface area (Å²) in [5, 5.41) is 0. The quantitative estimate of drug-likeness (QED) is 0.909. The number of hydrogen-bond donors (Lipinski definition) is 1. The van der Waals surface area contributed by atoms with Crippen molar-refractivity contribution in [3.63, 3.8) is 0 Å². The van der Waals surface area contributed by atoms with Crippen LogP contribution in [0.4, 0.5) is 10.1 Å². The van der Waals surface area contributed by atoms with Gasteiger partial charge in [0.2, 0.25) is 0 Å². The minimum atomic E-state index is -3.97. The summed E-state index contributed by atoms with van der Waals surface area (Å²) < 4.78 is 45.8. The molecule has 0 spiro atoms. The smallest absolute Gasteiger partial charge is 0.265 e. The number of methoxy groups -OCH3 is 1. The zero-order valence-electron chi connectivity index (χ0n) is 10.3. The van der Waals surface area contributed by atoms with E-state index >= 15 is 0 Å². The zero-order chi connectivity index (χ0) is 14.8. The summed E-state index contributed by atoms with van der Waals surface area (Å²) in [6, 6.07) is 5.75. The first-order valence-electron chi connectivity index (χ1n) is 5.40. The van der Waals surface area contributed by atoms with Gasteiger partial charge in [-0.15, -0.1) is 0 Å². The van der Waals surface area contributed by atoms with E-state index in [0.29, 0.717) is 4.47 Å². The first kappa shape index (κ1) is 14.7. The van der Waals surface area contributed by atoms with Crippen LogP contribution in [-0.4, -0.2) is 20.5 Å². The van der Waals surface area contributed by atoms with Crippen LogP contribution in [0.15, 0.2) is 46.0 Å².